The van der Waals surface area contributed by atoms with Gasteiger partial charge in [0.2, 0.25) is 0 Å². The van der Waals surface area contributed by atoms with E-state index in [1.165, 1.54) is 23.5 Å². The number of aliphatic hydroxyl groups is 1. The molecule has 1 heterocycles. The molecule has 1 unspecified atom stereocenters. The Bertz CT molecular complexity index is 661. The van der Waals surface area contributed by atoms with E-state index in [9.17, 15) is 13.5 Å². The Balaban J connectivity index is 2.44. The average Bonchev–Trinajstić information content (AvgIpc) is 2.73. The van der Waals surface area contributed by atoms with Crippen molar-refractivity contribution in [2.24, 2.45) is 0 Å². The van der Waals surface area contributed by atoms with E-state index in [-0.39, 0.29) is 4.90 Å². The van der Waals surface area contributed by atoms with Crippen LogP contribution in [-0.4, -0.2) is 19.8 Å². The number of sulfone groups is 1. The monoisotopic (exact) mass is 346 g/mol. The van der Waals surface area contributed by atoms with Crippen molar-refractivity contribution < 1.29 is 13.5 Å². The Labute approximate surface area is 118 Å². The standard InChI is InChI=1S/C12H11BrO3S2/c1-18(15,16)9-4-2-3-8(7-9)11(14)12-10(13)5-6-17-12/h2-7,11,14H,1H3. The van der Waals surface area contributed by atoms with Crippen LogP contribution in [0.2, 0.25) is 0 Å². The zero-order valence-corrected chi connectivity index (χ0v) is 12.7. The molecule has 1 aromatic heterocycles. The third-order valence-corrected chi connectivity index (χ3v) is 5.53. The van der Waals surface area contributed by atoms with Crippen molar-refractivity contribution in [1.82, 2.24) is 0 Å². The second-order valence-electron chi connectivity index (χ2n) is 3.88. The predicted molar refractivity (Wildman–Crippen MR) is 75.6 cm³/mol. The van der Waals surface area contributed by atoms with Gasteiger partial charge in [0.25, 0.3) is 0 Å². The second-order valence-corrected chi connectivity index (χ2v) is 7.70. The van der Waals surface area contributed by atoms with Crippen LogP contribution >= 0.6 is 27.3 Å². The van der Waals surface area contributed by atoms with Gasteiger partial charge in [-0.3, -0.25) is 0 Å². The number of benzene rings is 1. The molecule has 2 aromatic rings. The van der Waals surface area contributed by atoms with Crippen LogP contribution in [0.3, 0.4) is 0 Å². The van der Waals surface area contributed by atoms with E-state index in [1.54, 1.807) is 12.1 Å². The largest absolute Gasteiger partial charge is 0.383 e. The van der Waals surface area contributed by atoms with Crippen LogP contribution in [0.15, 0.2) is 45.1 Å². The minimum Gasteiger partial charge on any atom is -0.383 e. The molecule has 0 aliphatic carbocycles. The minimum atomic E-state index is -3.26. The first kappa shape index (κ1) is 13.7. The fourth-order valence-corrected chi connectivity index (χ4v) is 3.84. The number of hydrogen-bond acceptors (Lipinski definition) is 4. The molecule has 0 fully saturated rings. The van der Waals surface area contributed by atoms with E-state index in [2.05, 4.69) is 15.9 Å². The molecule has 0 amide bonds. The van der Waals surface area contributed by atoms with E-state index in [1.807, 2.05) is 11.4 Å². The predicted octanol–water partition coefficient (Wildman–Crippen LogP) is 3.00. The topological polar surface area (TPSA) is 54.4 Å². The van der Waals surface area contributed by atoms with Crippen LogP contribution in [0.1, 0.15) is 16.5 Å². The van der Waals surface area contributed by atoms with Crippen molar-refractivity contribution in [2.45, 2.75) is 11.0 Å². The van der Waals surface area contributed by atoms with E-state index in [0.29, 0.717) is 5.56 Å². The summed E-state index contributed by atoms with van der Waals surface area (Å²) in [5.74, 6) is 0. The Morgan fingerprint density at radius 1 is 1.33 bits per heavy atom. The van der Waals surface area contributed by atoms with Gasteiger partial charge in [-0.1, -0.05) is 12.1 Å². The molecule has 3 nitrogen and oxygen atoms in total. The quantitative estimate of drug-likeness (QED) is 0.929. The maximum Gasteiger partial charge on any atom is 0.175 e. The summed E-state index contributed by atoms with van der Waals surface area (Å²) in [6.07, 6.45) is 0.334. The van der Waals surface area contributed by atoms with Crippen LogP contribution < -0.4 is 0 Å². The summed E-state index contributed by atoms with van der Waals surface area (Å²) in [6.45, 7) is 0. The average molecular weight is 347 g/mol. The summed E-state index contributed by atoms with van der Waals surface area (Å²) in [7, 11) is -3.26. The van der Waals surface area contributed by atoms with Gasteiger partial charge in [0.1, 0.15) is 6.10 Å². The molecule has 0 aliphatic rings. The smallest absolute Gasteiger partial charge is 0.175 e. The minimum absolute atomic E-state index is 0.215. The molecule has 1 aromatic carbocycles. The fraction of sp³-hybridized carbons (Fsp3) is 0.167. The Morgan fingerprint density at radius 3 is 2.61 bits per heavy atom. The molecule has 1 N–H and O–H groups in total. The molecule has 0 saturated carbocycles. The van der Waals surface area contributed by atoms with Crippen LogP contribution in [0.25, 0.3) is 0 Å². The lowest BCUT2D eigenvalue weighted by atomic mass is 10.1. The zero-order chi connectivity index (χ0) is 13.3. The Kier molecular flexibility index (Phi) is 3.91. The summed E-state index contributed by atoms with van der Waals surface area (Å²) in [5, 5.41) is 12.1. The molecule has 0 aliphatic heterocycles. The number of hydrogen-bond donors (Lipinski definition) is 1. The van der Waals surface area contributed by atoms with Gasteiger partial charge in [0.05, 0.1) is 9.77 Å². The van der Waals surface area contributed by atoms with Gasteiger partial charge >= 0.3 is 0 Å². The van der Waals surface area contributed by atoms with E-state index in [0.717, 1.165) is 15.6 Å². The summed E-state index contributed by atoms with van der Waals surface area (Å²) in [6, 6.07) is 8.23. The number of thiophene rings is 1. The third kappa shape index (κ3) is 2.83. The number of aliphatic hydroxyl groups excluding tert-OH is 1. The van der Waals surface area contributed by atoms with Crippen molar-refractivity contribution in [1.29, 1.82) is 0 Å². The molecular formula is C12H11BrO3S2. The molecular weight excluding hydrogens is 336 g/mol. The van der Waals surface area contributed by atoms with E-state index in [4.69, 9.17) is 0 Å². The molecule has 0 spiro atoms. The van der Waals surface area contributed by atoms with Crippen LogP contribution in [0.5, 0.6) is 0 Å². The summed E-state index contributed by atoms with van der Waals surface area (Å²) in [4.78, 5) is 0.979. The highest BCUT2D eigenvalue weighted by Gasteiger charge is 2.17. The molecule has 6 heteroatoms. The van der Waals surface area contributed by atoms with Crippen molar-refractivity contribution in [2.75, 3.05) is 6.26 Å². The zero-order valence-electron chi connectivity index (χ0n) is 9.50. The lowest BCUT2D eigenvalue weighted by Gasteiger charge is -2.11. The maximum absolute atomic E-state index is 11.5. The van der Waals surface area contributed by atoms with Crippen LogP contribution in [-0.2, 0) is 9.84 Å². The molecule has 96 valence electrons. The highest BCUT2D eigenvalue weighted by Crippen LogP contribution is 2.33. The summed E-state index contributed by atoms with van der Waals surface area (Å²) >= 11 is 4.77. The molecule has 0 saturated heterocycles. The van der Waals surface area contributed by atoms with Crippen molar-refractivity contribution in [3.63, 3.8) is 0 Å². The van der Waals surface area contributed by atoms with Crippen molar-refractivity contribution >= 4 is 37.1 Å². The summed E-state index contributed by atoms with van der Waals surface area (Å²) < 4.78 is 23.8. The van der Waals surface area contributed by atoms with Gasteiger partial charge in [0.15, 0.2) is 9.84 Å². The van der Waals surface area contributed by atoms with Gasteiger partial charge in [0, 0.05) is 10.7 Å². The van der Waals surface area contributed by atoms with Gasteiger partial charge < -0.3 is 5.11 Å². The Hall–Kier alpha value is -0.690. The molecule has 0 bridgehead atoms. The van der Waals surface area contributed by atoms with E-state index < -0.39 is 15.9 Å². The fourth-order valence-electron chi connectivity index (χ4n) is 1.57. The highest BCUT2D eigenvalue weighted by molar-refractivity contribution is 9.10. The highest BCUT2D eigenvalue weighted by atomic mass is 79.9. The lowest BCUT2D eigenvalue weighted by Crippen LogP contribution is -2.02. The second kappa shape index (κ2) is 5.13. The molecule has 18 heavy (non-hydrogen) atoms. The van der Waals surface area contributed by atoms with Crippen molar-refractivity contribution in [3.8, 4) is 0 Å². The number of halogens is 1. The first-order valence-corrected chi connectivity index (χ1v) is 8.67. The SMILES string of the molecule is CS(=O)(=O)c1cccc(C(O)c2sccc2Br)c1. The lowest BCUT2D eigenvalue weighted by molar-refractivity contribution is 0.223. The number of rotatable bonds is 3. The molecule has 2 rings (SSSR count). The first-order valence-electron chi connectivity index (χ1n) is 5.10. The maximum atomic E-state index is 11.5. The van der Waals surface area contributed by atoms with Crippen LogP contribution in [0, 0.1) is 0 Å². The van der Waals surface area contributed by atoms with Crippen LogP contribution in [0.4, 0.5) is 0 Å². The normalized spacial score (nSPS) is 13.5. The van der Waals surface area contributed by atoms with Gasteiger partial charge in [-0.15, -0.1) is 11.3 Å². The summed E-state index contributed by atoms with van der Waals surface area (Å²) in [5.41, 5.74) is 0.570. The van der Waals surface area contributed by atoms with Crippen molar-refractivity contribution in [3.05, 3.63) is 50.6 Å². The first-order chi connectivity index (χ1) is 8.39. The molecule has 0 radical (unpaired) electrons. The van der Waals surface area contributed by atoms with Gasteiger partial charge in [-0.2, -0.15) is 0 Å². The van der Waals surface area contributed by atoms with Gasteiger partial charge in [-0.05, 0) is 45.1 Å². The van der Waals surface area contributed by atoms with E-state index >= 15 is 0 Å². The Morgan fingerprint density at radius 2 is 2.06 bits per heavy atom. The molecule has 1 atom stereocenters. The van der Waals surface area contributed by atoms with Gasteiger partial charge in [-0.25, -0.2) is 8.42 Å². The third-order valence-electron chi connectivity index (χ3n) is 2.50.